The van der Waals surface area contributed by atoms with E-state index in [2.05, 4.69) is 41.5 Å². The Hall–Kier alpha value is 0.177. The van der Waals surface area contributed by atoms with Gasteiger partial charge in [-0.3, -0.25) is 0 Å². The zero-order valence-corrected chi connectivity index (χ0v) is 12.3. The Bertz CT molecular complexity index is 180. The van der Waals surface area contributed by atoms with E-state index >= 15 is 0 Å². The first kappa shape index (κ1) is 13.2. The third-order valence-electron chi connectivity index (χ3n) is 2.95. The Kier molecular flexibility index (Phi) is 4.05. The zero-order valence-electron chi connectivity index (χ0n) is 11.3. The smallest absolute Gasteiger partial charge is 0.223 e. The van der Waals surface area contributed by atoms with E-state index < -0.39 is 9.04 Å². The van der Waals surface area contributed by atoms with Crippen LogP contribution in [0.15, 0.2) is 0 Å². The molecular weight excluding hydrogens is 200 g/mol. The third-order valence-corrected chi connectivity index (χ3v) is 6.24. The van der Waals surface area contributed by atoms with Gasteiger partial charge in [-0.2, -0.15) is 0 Å². The van der Waals surface area contributed by atoms with Crippen LogP contribution in [0.1, 0.15) is 67.2 Å². The van der Waals surface area contributed by atoms with Crippen LogP contribution in [0, 0.1) is 0 Å². The first-order valence-electron chi connectivity index (χ1n) is 6.26. The van der Waals surface area contributed by atoms with E-state index in [1.54, 1.807) is 0 Å². The Morgan fingerprint density at radius 2 is 1.27 bits per heavy atom. The fraction of sp³-hybridized carbons (Fsp3) is 1.00. The molecule has 0 aliphatic heterocycles. The predicted molar refractivity (Wildman–Crippen MR) is 68.5 cm³/mol. The van der Waals surface area contributed by atoms with Gasteiger partial charge in [0.25, 0.3) is 0 Å². The molecule has 1 saturated carbocycles. The molecule has 0 aromatic rings. The van der Waals surface area contributed by atoms with Crippen molar-refractivity contribution >= 4 is 9.04 Å². The topological polar surface area (TPSA) is 9.23 Å². The second-order valence-electron chi connectivity index (χ2n) is 6.85. The Morgan fingerprint density at radius 3 is 1.60 bits per heavy atom. The number of rotatable bonds is 2. The van der Waals surface area contributed by atoms with Crippen LogP contribution < -0.4 is 0 Å². The van der Waals surface area contributed by atoms with E-state index in [0.29, 0.717) is 16.2 Å². The highest BCUT2D eigenvalue weighted by molar-refractivity contribution is 6.58. The van der Waals surface area contributed by atoms with Gasteiger partial charge in [0.1, 0.15) is 0 Å². The molecule has 1 aliphatic rings. The van der Waals surface area contributed by atoms with E-state index in [4.69, 9.17) is 4.43 Å². The standard InChI is InChI=1S/C13H27OSi/c1-12(2,3)15(13(4,5)6)14-11-9-7-8-10-11/h11H,7-10H2,1-6H3. The van der Waals surface area contributed by atoms with Gasteiger partial charge in [-0.15, -0.1) is 0 Å². The minimum absolute atomic E-state index is 0.339. The molecule has 0 aromatic heterocycles. The van der Waals surface area contributed by atoms with E-state index in [1.807, 2.05) is 0 Å². The van der Waals surface area contributed by atoms with E-state index in [9.17, 15) is 0 Å². The summed E-state index contributed by atoms with van der Waals surface area (Å²) in [7, 11) is -0.759. The van der Waals surface area contributed by atoms with Crippen molar-refractivity contribution in [2.75, 3.05) is 0 Å². The maximum absolute atomic E-state index is 6.44. The summed E-state index contributed by atoms with van der Waals surface area (Å²) in [6, 6.07) is 0. The van der Waals surface area contributed by atoms with Crippen molar-refractivity contribution < 1.29 is 4.43 Å². The molecule has 2 heteroatoms. The van der Waals surface area contributed by atoms with Crippen molar-refractivity contribution in [2.45, 2.75) is 83.4 Å². The quantitative estimate of drug-likeness (QED) is 0.629. The molecule has 0 heterocycles. The molecule has 0 N–H and O–H groups in total. The van der Waals surface area contributed by atoms with Crippen LogP contribution >= 0.6 is 0 Å². The van der Waals surface area contributed by atoms with E-state index in [0.717, 1.165) is 0 Å². The molecule has 0 aromatic carbocycles. The summed E-state index contributed by atoms with van der Waals surface area (Å²) < 4.78 is 6.44. The summed E-state index contributed by atoms with van der Waals surface area (Å²) in [5.74, 6) is 0. The SMILES string of the molecule is CC(C)(C)[Si](OC1CCCC1)C(C)(C)C. The molecule has 89 valence electrons. The second kappa shape index (κ2) is 4.58. The largest absolute Gasteiger partial charge is 0.413 e. The van der Waals surface area contributed by atoms with Crippen molar-refractivity contribution in [1.29, 1.82) is 0 Å². The predicted octanol–water partition coefficient (Wildman–Crippen LogP) is 4.54. The lowest BCUT2D eigenvalue weighted by molar-refractivity contribution is 0.187. The molecular formula is C13H27OSi. The highest BCUT2D eigenvalue weighted by atomic mass is 28.3. The molecule has 1 fully saturated rings. The van der Waals surface area contributed by atoms with Crippen LogP contribution in [0.2, 0.25) is 10.1 Å². The molecule has 15 heavy (non-hydrogen) atoms. The lowest BCUT2D eigenvalue weighted by Gasteiger charge is -2.39. The van der Waals surface area contributed by atoms with Gasteiger partial charge >= 0.3 is 0 Å². The first-order valence-corrected chi connectivity index (χ1v) is 7.66. The maximum atomic E-state index is 6.44. The lowest BCUT2D eigenvalue weighted by Crippen LogP contribution is -2.40. The van der Waals surface area contributed by atoms with E-state index in [-0.39, 0.29) is 0 Å². The first-order chi connectivity index (χ1) is 6.71. The van der Waals surface area contributed by atoms with Crippen LogP contribution in [0.4, 0.5) is 0 Å². The lowest BCUT2D eigenvalue weighted by atomic mass is 10.2. The van der Waals surface area contributed by atoms with Crippen LogP contribution in [0.3, 0.4) is 0 Å². The Morgan fingerprint density at radius 1 is 0.867 bits per heavy atom. The summed E-state index contributed by atoms with van der Waals surface area (Å²) in [6.45, 7) is 14.0. The van der Waals surface area contributed by atoms with Crippen LogP contribution in [0.25, 0.3) is 0 Å². The second-order valence-corrected chi connectivity index (χ2v) is 10.7. The normalized spacial score (nSPS) is 20.2. The fourth-order valence-electron chi connectivity index (χ4n) is 2.65. The highest BCUT2D eigenvalue weighted by Crippen LogP contribution is 2.44. The van der Waals surface area contributed by atoms with Gasteiger partial charge < -0.3 is 4.43 Å². The average Bonchev–Trinajstić information content (AvgIpc) is 2.46. The van der Waals surface area contributed by atoms with Gasteiger partial charge in [0.2, 0.25) is 9.04 Å². The third kappa shape index (κ3) is 3.91. The number of hydrogen-bond acceptors (Lipinski definition) is 1. The summed E-state index contributed by atoms with van der Waals surface area (Å²) >= 11 is 0. The molecule has 1 radical (unpaired) electrons. The highest BCUT2D eigenvalue weighted by Gasteiger charge is 2.41. The summed E-state index contributed by atoms with van der Waals surface area (Å²) in [5, 5.41) is 0.678. The van der Waals surface area contributed by atoms with Crippen LogP contribution in [-0.2, 0) is 4.43 Å². The monoisotopic (exact) mass is 227 g/mol. The summed E-state index contributed by atoms with van der Waals surface area (Å²) in [6.07, 6.45) is 5.89. The van der Waals surface area contributed by atoms with Gasteiger partial charge in [0.05, 0.1) is 0 Å². The molecule has 0 unspecified atom stereocenters. The minimum atomic E-state index is -0.759. The molecule has 0 bridgehead atoms. The fourth-order valence-corrected chi connectivity index (χ4v) is 6.18. The van der Waals surface area contributed by atoms with Gasteiger partial charge in [0, 0.05) is 6.10 Å². The van der Waals surface area contributed by atoms with Crippen molar-refractivity contribution in [3.8, 4) is 0 Å². The van der Waals surface area contributed by atoms with Crippen molar-refractivity contribution in [3.05, 3.63) is 0 Å². The van der Waals surface area contributed by atoms with Gasteiger partial charge in [0.15, 0.2) is 0 Å². The molecule has 0 atom stereocenters. The molecule has 0 spiro atoms. The van der Waals surface area contributed by atoms with Crippen molar-refractivity contribution in [3.63, 3.8) is 0 Å². The van der Waals surface area contributed by atoms with Crippen LogP contribution in [-0.4, -0.2) is 15.1 Å². The molecule has 0 amide bonds. The molecule has 0 saturated heterocycles. The number of hydrogen-bond donors (Lipinski definition) is 0. The van der Waals surface area contributed by atoms with E-state index in [1.165, 1.54) is 25.7 Å². The van der Waals surface area contributed by atoms with Gasteiger partial charge in [-0.05, 0) is 22.9 Å². The molecule has 1 aliphatic carbocycles. The van der Waals surface area contributed by atoms with Crippen molar-refractivity contribution in [1.82, 2.24) is 0 Å². The molecule has 1 rings (SSSR count). The molecule has 1 nitrogen and oxygen atoms in total. The summed E-state index contributed by atoms with van der Waals surface area (Å²) in [4.78, 5) is 0. The average molecular weight is 227 g/mol. The summed E-state index contributed by atoms with van der Waals surface area (Å²) in [5.41, 5.74) is 0. The van der Waals surface area contributed by atoms with Gasteiger partial charge in [-0.1, -0.05) is 54.4 Å². The minimum Gasteiger partial charge on any atom is -0.413 e. The van der Waals surface area contributed by atoms with Gasteiger partial charge in [-0.25, -0.2) is 0 Å². The Labute approximate surface area is 97.3 Å². The zero-order chi connectivity index (χ0) is 11.7. The van der Waals surface area contributed by atoms with Crippen LogP contribution in [0.5, 0.6) is 0 Å². The Balaban J connectivity index is 2.65. The van der Waals surface area contributed by atoms with Crippen molar-refractivity contribution in [2.24, 2.45) is 0 Å². The maximum Gasteiger partial charge on any atom is 0.223 e.